The van der Waals surface area contributed by atoms with Crippen LogP contribution >= 0.6 is 22.9 Å². The van der Waals surface area contributed by atoms with E-state index in [2.05, 4.69) is 40.0 Å². The van der Waals surface area contributed by atoms with Gasteiger partial charge in [0.25, 0.3) is 0 Å². The molecule has 0 bridgehead atoms. The Morgan fingerprint density at radius 1 is 1.07 bits per heavy atom. The van der Waals surface area contributed by atoms with E-state index < -0.39 is 0 Å². The van der Waals surface area contributed by atoms with Crippen LogP contribution < -0.4 is 5.32 Å². The lowest BCUT2D eigenvalue weighted by Crippen LogP contribution is -2.16. The first kappa shape index (κ1) is 18.3. The fraction of sp³-hybridized carbons (Fsp3) is 0.476. The summed E-state index contributed by atoms with van der Waals surface area (Å²) in [5, 5.41) is 14.7. The smallest absolute Gasteiger partial charge is 0.151 e. The number of fused-ring (bicyclic) bond motifs is 3. The molecule has 0 atom stereocenters. The summed E-state index contributed by atoms with van der Waals surface area (Å²) in [4.78, 5) is 6.16. The molecule has 146 valence electrons. The predicted molar refractivity (Wildman–Crippen MR) is 112 cm³/mol. The van der Waals surface area contributed by atoms with E-state index in [1.807, 2.05) is 23.5 Å². The first-order valence-corrected chi connectivity index (χ1v) is 11.2. The zero-order chi connectivity index (χ0) is 19.3. The van der Waals surface area contributed by atoms with Crippen LogP contribution in [-0.4, -0.2) is 19.7 Å². The Hall–Kier alpha value is -1.76. The number of hydrogen-bond donors (Lipinski definition) is 1. The average molecular weight is 414 g/mol. The number of rotatable bonds is 2. The molecule has 1 aliphatic carbocycles. The van der Waals surface area contributed by atoms with E-state index in [4.69, 9.17) is 16.6 Å². The Morgan fingerprint density at radius 2 is 1.86 bits per heavy atom. The number of aryl methyl sites for hydroxylation is 2. The zero-order valence-corrected chi connectivity index (χ0v) is 17.8. The summed E-state index contributed by atoms with van der Waals surface area (Å²) >= 11 is 8.11. The number of nitrogens with one attached hydrogen (secondary N) is 1. The Bertz CT molecular complexity index is 996. The molecule has 0 radical (unpaired) electrons. The number of aromatic nitrogens is 4. The minimum absolute atomic E-state index is 0.446. The monoisotopic (exact) mass is 413 g/mol. The van der Waals surface area contributed by atoms with Crippen molar-refractivity contribution < 1.29 is 0 Å². The van der Waals surface area contributed by atoms with E-state index in [1.165, 1.54) is 34.0 Å². The van der Waals surface area contributed by atoms with E-state index in [0.717, 1.165) is 48.3 Å². The molecule has 3 aromatic rings. The van der Waals surface area contributed by atoms with Crippen LogP contribution in [0.2, 0.25) is 5.02 Å². The summed E-state index contributed by atoms with van der Waals surface area (Å²) in [6.07, 6.45) is 4.61. The van der Waals surface area contributed by atoms with Crippen molar-refractivity contribution in [1.82, 2.24) is 25.1 Å². The maximum atomic E-state index is 6.23. The van der Waals surface area contributed by atoms with Crippen molar-refractivity contribution in [2.45, 2.75) is 64.5 Å². The van der Waals surface area contributed by atoms with Crippen LogP contribution in [0.15, 0.2) is 18.2 Å². The summed E-state index contributed by atoms with van der Waals surface area (Å²) in [7, 11) is 0. The van der Waals surface area contributed by atoms with Crippen LogP contribution in [-0.2, 0) is 13.1 Å². The average Bonchev–Trinajstić information content (AvgIpc) is 3.20. The third-order valence-corrected chi connectivity index (χ3v) is 7.59. The summed E-state index contributed by atoms with van der Waals surface area (Å²) in [5.74, 6) is 3.13. The topological polar surface area (TPSA) is 55.6 Å². The third-order valence-electron chi connectivity index (χ3n) is 6.12. The normalized spacial score (nSPS) is 21.8. The lowest BCUT2D eigenvalue weighted by atomic mass is 9.82. The molecule has 0 amide bonds. The molecule has 0 unspecified atom stereocenters. The van der Waals surface area contributed by atoms with Gasteiger partial charge in [0.1, 0.15) is 5.82 Å². The fourth-order valence-electron chi connectivity index (χ4n) is 4.47. The van der Waals surface area contributed by atoms with Gasteiger partial charge in [0, 0.05) is 28.3 Å². The minimum Gasteiger partial charge on any atom is -0.306 e. The number of benzene rings is 1. The van der Waals surface area contributed by atoms with Gasteiger partial charge in [0.2, 0.25) is 0 Å². The number of nitrogens with zero attached hydrogens (tertiary/aromatic N) is 4. The Morgan fingerprint density at radius 3 is 2.61 bits per heavy atom. The quantitative estimate of drug-likeness (QED) is 0.639. The van der Waals surface area contributed by atoms with Crippen LogP contribution in [0.25, 0.3) is 5.69 Å². The first-order chi connectivity index (χ1) is 13.6. The van der Waals surface area contributed by atoms with Crippen molar-refractivity contribution in [2.75, 3.05) is 0 Å². The largest absolute Gasteiger partial charge is 0.306 e. The van der Waals surface area contributed by atoms with Gasteiger partial charge >= 0.3 is 0 Å². The van der Waals surface area contributed by atoms with Gasteiger partial charge in [0.15, 0.2) is 5.82 Å². The van der Waals surface area contributed by atoms with Crippen LogP contribution in [0.4, 0.5) is 0 Å². The van der Waals surface area contributed by atoms with Crippen LogP contribution in [0.5, 0.6) is 0 Å². The SMILES string of the molecule is Cc1nc([C@H]2CC[C@H](c3nnc4n3-c3ccc(Cl)cc3CNC4)CC2)sc1C. The number of thiazole rings is 1. The Balaban J connectivity index is 1.42. The van der Waals surface area contributed by atoms with Gasteiger partial charge in [-0.2, -0.15) is 0 Å². The maximum Gasteiger partial charge on any atom is 0.151 e. The highest BCUT2D eigenvalue weighted by Gasteiger charge is 2.30. The Labute approximate surface area is 174 Å². The molecule has 5 rings (SSSR count). The maximum absolute atomic E-state index is 6.23. The van der Waals surface area contributed by atoms with Crippen LogP contribution in [0, 0.1) is 13.8 Å². The molecule has 1 aliphatic heterocycles. The summed E-state index contributed by atoms with van der Waals surface area (Å²) in [6, 6.07) is 6.11. The van der Waals surface area contributed by atoms with Crippen molar-refractivity contribution >= 4 is 22.9 Å². The molecule has 28 heavy (non-hydrogen) atoms. The molecular weight excluding hydrogens is 390 g/mol. The lowest BCUT2D eigenvalue weighted by Gasteiger charge is -2.27. The lowest BCUT2D eigenvalue weighted by molar-refractivity contribution is 0.381. The van der Waals surface area contributed by atoms with Gasteiger partial charge in [-0.15, -0.1) is 21.5 Å². The second-order valence-corrected chi connectivity index (χ2v) is 9.60. The molecule has 0 spiro atoms. The number of hydrogen-bond acceptors (Lipinski definition) is 5. The summed E-state index contributed by atoms with van der Waals surface area (Å²) < 4.78 is 2.27. The molecule has 7 heteroatoms. The molecular formula is C21H24ClN5S. The highest BCUT2D eigenvalue weighted by Crippen LogP contribution is 2.42. The van der Waals surface area contributed by atoms with Crippen molar-refractivity contribution in [3.8, 4) is 5.69 Å². The molecule has 1 N–H and O–H groups in total. The number of halogens is 1. The molecule has 0 saturated heterocycles. The molecule has 2 aromatic heterocycles. The van der Waals surface area contributed by atoms with Gasteiger partial charge in [-0.3, -0.25) is 4.57 Å². The first-order valence-electron chi connectivity index (χ1n) is 9.98. The molecule has 3 heterocycles. The van der Waals surface area contributed by atoms with Gasteiger partial charge in [-0.25, -0.2) is 4.98 Å². The van der Waals surface area contributed by atoms with Gasteiger partial charge in [-0.05, 0) is 63.3 Å². The molecule has 1 aromatic carbocycles. The van der Waals surface area contributed by atoms with E-state index in [1.54, 1.807) is 0 Å². The van der Waals surface area contributed by atoms with E-state index in [9.17, 15) is 0 Å². The second kappa shape index (κ2) is 7.25. The van der Waals surface area contributed by atoms with E-state index >= 15 is 0 Å². The molecule has 2 aliphatic rings. The van der Waals surface area contributed by atoms with E-state index in [-0.39, 0.29) is 0 Å². The van der Waals surface area contributed by atoms with Gasteiger partial charge in [0.05, 0.1) is 22.9 Å². The third kappa shape index (κ3) is 3.17. The van der Waals surface area contributed by atoms with Crippen molar-refractivity contribution in [2.24, 2.45) is 0 Å². The van der Waals surface area contributed by atoms with Gasteiger partial charge in [-0.1, -0.05) is 11.6 Å². The van der Waals surface area contributed by atoms with Gasteiger partial charge < -0.3 is 5.32 Å². The fourth-order valence-corrected chi connectivity index (χ4v) is 5.75. The Kier molecular flexibility index (Phi) is 4.73. The van der Waals surface area contributed by atoms with Crippen LogP contribution in [0.1, 0.15) is 70.3 Å². The van der Waals surface area contributed by atoms with Crippen molar-refractivity contribution in [3.63, 3.8) is 0 Å². The van der Waals surface area contributed by atoms with Crippen molar-refractivity contribution in [1.29, 1.82) is 0 Å². The molecule has 1 saturated carbocycles. The summed E-state index contributed by atoms with van der Waals surface area (Å²) in [6.45, 7) is 5.82. The van der Waals surface area contributed by atoms with Crippen LogP contribution in [0.3, 0.4) is 0 Å². The summed E-state index contributed by atoms with van der Waals surface area (Å²) in [5.41, 5.74) is 3.56. The minimum atomic E-state index is 0.446. The standard InChI is InChI=1S/C21H24ClN5S/c1-12-13(2)28-21(24-12)15-5-3-14(4-6-15)20-26-25-19-11-23-10-16-9-17(22)7-8-18(16)27(19)20/h7-9,14-15,23H,3-6,10-11H2,1-2H3/t14-,15-. The zero-order valence-electron chi connectivity index (χ0n) is 16.2. The highest BCUT2D eigenvalue weighted by atomic mass is 35.5. The second-order valence-electron chi connectivity index (χ2n) is 7.93. The molecule has 1 fully saturated rings. The highest BCUT2D eigenvalue weighted by molar-refractivity contribution is 7.11. The van der Waals surface area contributed by atoms with E-state index in [0.29, 0.717) is 11.8 Å². The molecule has 5 nitrogen and oxygen atoms in total. The predicted octanol–water partition coefficient (Wildman–Crippen LogP) is 5.04. The van der Waals surface area contributed by atoms with Crippen molar-refractivity contribution in [3.05, 3.63) is 56.0 Å².